The quantitative estimate of drug-likeness (QED) is 0.839. The van der Waals surface area contributed by atoms with Gasteiger partial charge in [-0.2, -0.15) is 0 Å². The molecule has 0 fully saturated rings. The van der Waals surface area contributed by atoms with Crippen molar-refractivity contribution in [1.82, 2.24) is 15.3 Å². The average molecular weight is 241 g/mol. The predicted octanol–water partition coefficient (Wildman–Crippen LogP) is 1.52. The van der Waals surface area contributed by atoms with Gasteiger partial charge in [0.25, 0.3) is 5.56 Å². The fourth-order valence-electron chi connectivity index (χ4n) is 1.19. The molecule has 0 bridgehead atoms. The van der Waals surface area contributed by atoms with Gasteiger partial charge >= 0.3 is 0 Å². The molecule has 90 valence electrons. The normalized spacial score (nSPS) is 11.8. The van der Waals surface area contributed by atoms with Crippen LogP contribution in [-0.4, -0.2) is 21.8 Å². The SMILES string of the molecule is CNCc1cc(=O)[nH]c(CSC(C)(C)C)n1. The van der Waals surface area contributed by atoms with E-state index in [0.29, 0.717) is 6.54 Å². The van der Waals surface area contributed by atoms with Crippen LogP contribution in [0.25, 0.3) is 0 Å². The van der Waals surface area contributed by atoms with Gasteiger partial charge in [0.1, 0.15) is 5.82 Å². The molecule has 16 heavy (non-hydrogen) atoms. The Bertz CT molecular complexity index is 395. The minimum atomic E-state index is -0.0789. The standard InChI is InChI=1S/C11H19N3OS/c1-11(2,3)16-7-9-13-8(6-12-4)5-10(15)14-9/h5,12H,6-7H2,1-4H3,(H,13,14,15). The van der Waals surface area contributed by atoms with Crippen molar-refractivity contribution in [3.63, 3.8) is 0 Å². The number of nitrogens with zero attached hydrogens (tertiary/aromatic N) is 1. The summed E-state index contributed by atoms with van der Waals surface area (Å²) in [5.74, 6) is 1.48. The third-order valence-electron chi connectivity index (χ3n) is 1.84. The van der Waals surface area contributed by atoms with Gasteiger partial charge in [0.15, 0.2) is 0 Å². The van der Waals surface area contributed by atoms with E-state index in [9.17, 15) is 4.79 Å². The lowest BCUT2D eigenvalue weighted by atomic mass is 10.3. The van der Waals surface area contributed by atoms with Crippen molar-refractivity contribution in [2.45, 2.75) is 37.8 Å². The highest BCUT2D eigenvalue weighted by Gasteiger charge is 2.11. The molecule has 0 saturated heterocycles. The van der Waals surface area contributed by atoms with Gasteiger partial charge in [0.2, 0.25) is 0 Å². The maximum Gasteiger partial charge on any atom is 0.251 e. The van der Waals surface area contributed by atoms with Crippen molar-refractivity contribution in [1.29, 1.82) is 0 Å². The van der Waals surface area contributed by atoms with Crippen LogP contribution >= 0.6 is 11.8 Å². The molecule has 2 N–H and O–H groups in total. The van der Waals surface area contributed by atoms with Gasteiger partial charge in [-0.3, -0.25) is 4.79 Å². The van der Waals surface area contributed by atoms with Crippen LogP contribution in [-0.2, 0) is 12.3 Å². The smallest absolute Gasteiger partial charge is 0.251 e. The largest absolute Gasteiger partial charge is 0.314 e. The van der Waals surface area contributed by atoms with E-state index in [1.807, 2.05) is 7.05 Å². The zero-order chi connectivity index (χ0) is 12.2. The Balaban J connectivity index is 2.76. The second kappa shape index (κ2) is 5.50. The summed E-state index contributed by atoms with van der Waals surface area (Å²) in [6.45, 7) is 7.06. The highest BCUT2D eigenvalue weighted by molar-refractivity contribution is 7.99. The predicted molar refractivity (Wildman–Crippen MR) is 68.7 cm³/mol. The number of H-pyrrole nitrogens is 1. The molecule has 0 amide bonds. The third kappa shape index (κ3) is 4.81. The van der Waals surface area contributed by atoms with Crippen molar-refractivity contribution in [2.75, 3.05) is 7.05 Å². The van der Waals surface area contributed by atoms with E-state index >= 15 is 0 Å². The van der Waals surface area contributed by atoms with Gasteiger partial charge in [0, 0.05) is 17.4 Å². The van der Waals surface area contributed by atoms with E-state index < -0.39 is 0 Å². The number of aromatic amines is 1. The van der Waals surface area contributed by atoms with Crippen LogP contribution in [0, 0.1) is 0 Å². The lowest BCUT2D eigenvalue weighted by Crippen LogP contribution is -2.17. The van der Waals surface area contributed by atoms with Crippen LogP contribution in [0.4, 0.5) is 0 Å². The Morgan fingerprint density at radius 2 is 2.19 bits per heavy atom. The van der Waals surface area contributed by atoms with Gasteiger partial charge < -0.3 is 10.3 Å². The van der Waals surface area contributed by atoms with Crippen LogP contribution in [0.5, 0.6) is 0 Å². The van der Waals surface area contributed by atoms with E-state index in [1.165, 1.54) is 6.07 Å². The van der Waals surface area contributed by atoms with E-state index in [0.717, 1.165) is 17.3 Å². The van der Waals surface area contributed by atoms with Crippen molar-refractivity contribution in [3.8, 4) is 0 Å². The monoisotopic (exact) mass is 241 g/mol. The summed E-state index contributed by atoms with van der Waals surface area (Å²) in [7, 11) is 1.84. The van der Waals surface area contributed by atoms with Gasteiger partial charge in [0.05, 0.1) is 11.4 Å². The Morgan fingerprint density at radius 3 is 2.75 bits per heavy atom. The molecular weight excluding hydrogens is 222 g/mol. The van der Waals surface area contributed by atoms with Crippen molar-refractivity contribution >= 4 is 11.8 Å². The molecule has 1 aromatic rings. The van der Waals surface area contributed by atoms with Crippen LogP contribution < -0.4 is 10.9 Å². The molecule has 0 aliphatic rings. The van der Waals surface area contributed by atoms with E-state index in [4.69, 9.17) is 0 Å². The molecular formula is C11H19N3OS. The van der Waals surface area contributed by atoms with Crippen LogP contribution in [0.2, 0.25) is 0 Å². The molecule has 1 heterocycles. The van der Waals surface area contributed by atoms with E-state index in [2.05, 4.69) is 36.1 Å². The van der Waals surface area contributed by atoms with Crippen LogP contribution in [0.1, 0.15) is 32.3 Å². The first kappa shape index (κ1) is 13.3. The first-order chi connectivity index (χ1) is 7.40. The molecule has 0 aromatic carbocycles. The zero-order valence-electron chi connectivity index (χ0n) is 10.3. The second-order valence-electron chi connectivity index (χ2n) is 4.61. The molecule has 0 saturated carbocycles. The number of nitrogens with one attached hydrogen (secondary N) is 2. The Morgan fingerprint density at radius 1 is 1.50 bits per heavy atom. The maximum absolute atomic E-state index is 11.4. The van der Waals surface area contributed by atoms with Crippen molar-refractivity contribution in [3.05, 3.63) is 27.9 Å². The molecule has 5 heteroatoms. The van der Waals surface area contributed by atoms with E-state index in [-0.39, 0.29) is 10.3 Å². The topological polar surface area (TPSA) is 57.8 Å². The minimum Gasteiger partial charge on any atom is -0.314 e. The lowest BCUT2D eigenvalue weighted by Gasteiger charge is -2.16. The van der Waals surface area contributed by atoms with Crippen LogP contribution in [0.15, 0.2) is 10.9 Å². The van der Waals surface area contributed by atoms with Crippen molar-refractivity contribution in [2.24, 2.45) is 0 Å². The number of aromatic nitrogens is 2. The first-order valence-electron chi connectivity index (χ1n) is 5.28. The Hall–Kier alpha value is -0.810. The summed E-state index contributed by atoms with van der Waals surface area (Å²) in [5, 5.41) is 2.99. The van der Waals surface area contributed by atoms with Crippen molar-refractivity contribution < 1.29 is 0 Å². The van der Waals surface area contributed by atoms with Crippen LogP contribution in [0.3, 0.4) is 0 Å². The minimum absolute atomic E-state index is 0.0789. The number of thioether (sulfide) groups is 1. The molecule has 4 nitrogen and oxygen atoms in total. The number of hydrogen-bond donors (Lipinski definition) is 2. The number of rotatable bonds is 4. The third-order valence-corrected chi connectivity index (χ3v) is 3.13. The highest BCUT2D eigenvalue weighted by atomic mass is 32.2. The van der Waals surface area contributed by atoms with Gasteiger partial charge in [-0.1, -0.05) is 20.8 Å². The molecule has 0 radical (unpaired) electrons. The second-order valence-corrected chi connectivity index (χ2v) is 6.42. The van der Waals surface area contributed by atoms with E-state index in [1.54, 1.807) is 11.8 Å². The highest BCUT2D eigenvalue weighted by Crippen LogP contribution is 2.25. The summed E-state index contributed by atoms with van der Waals surface area (Å²) in [6.07, 6.45) is 0. The molecule has 1 aromatic heterocycles. The fraction of sp³-hybridized carbons (Fsp3) is 0.636. The first-order valence-corrected chi connectivity index (χ1v) is 6.27. The van der Waals surface area contributed by atoms with Gasteiger partial charge in [-0.05, 0) is 7.05 Å². The van der Waals surface area contributed by atoms with Gasteiger partial charge in [-0.25, -0.2) is 4.98 Å². The zero-order valence-corrected chi connectivity index (χ0v) is 11.1. The number of hydrogen-bond acceptors (Lipinski definition) is 4. The molecule has 1 rings (SSSR count). The molecule has 0 spiro atoms. The summed E-state index contributed by atoms with van der Waals surface area (Å²) in [5.41, 5.74) is 0.709. The average Bonchev–Trinajstić information content (AvgIpc) is 2.13. The molecule has 0 unspecified atom stereocenters. The van der Waals surface area contributed by atoms with Gasteiger partial charge in [-0.15, -0.1) is 11.8 Å². The summed E-state index contributed by atoms with van der Waals surface area (Å²) < 4.78 is 0.178. The fourth-order valence-corrected chi connectivity index (χ4v) is 1.89. The maximum atomic E-state index is 11.4. The lowest BCUT2D eigenvalue weighted by molar-refractivity contribution is 0.769. The summed E-state index contributed by atoms with van der Waals surface area (Å²) in [6, 6.07) is 1.53. The summed E-state index contributed by atoms with van der Waals surface area (Å²) in [4.78, 5) is 18.5. The Labute approximate surface area is 100 Å². The molecule has 0 aliphatic heterocycles. The molecule has 0 aliphatic carbocycles. The molecule has 0 atom stereocenters. The summed E-state index contributed by atoms with van der Waals surface area (Å²) >= 11 is 1.77. The Kier molecular flexibility index (Phi) is 4.56.